The van der Waals surface area contributed by atoms with Crippen LogP contribution in [-0.4, -0.2) is 17.0 Å². The van der Waals surface area contributed by atoms with Crippen molar-refractivity contribution < 1.29 is 14.7 Å². The van der Waals surface area contributed by atoms with Gasteiger partial charge >= 0.3 is 5.97 Å². The van der Waals surface area contributed by atoms with Gasteiger partial charge in [0.05, 0.1) is 0 Å². The first-order chi connectivity index (χ1) is 7.95. The smallest absolute Gasteiger partial charge is 0.316 e. The van der Waals surface area contributed by atoms with Crippen LogP contribution in [0.5, 0.6) is 0 Å². The van der Waals surface area contributed by atoms with Crippen LogP contribution in [0.4, 0.5) is 5.69 Å². The summed E-state index contributed by atoms with van der Waals surface area (Å²) in [4.78, 5) is 22.6. The molecule has 1 atom stereocenters. The van der Waals surface area contributed by atoms with Crippen molar-refractivity contribution in [3.8, 4) is 0 Å². The lowest BCUT2D eigenvalue weighted by molar-refractivity contribution is -0.145. The summed E-state index contributed by atoms with van der Waals surface area (Å²) in [5.74, 6) is -2.54. The van der Waals surface area contributed by atoms with Crippen LogP contribution in [0.3, 0.4) is 0 Å². The van der Waals surface area contributed by atoms with Crippen LogP contribution in [0.2, 0.25) is 0 Å². The number of anilines is 1. The van der Waals surface area contributed by atoms with Crippen molar-refractivity contribution in [1.29, 1.82) is 0 Å². The van der Waals surface area contributed by atoms with Gasteiger partial charge in [0.25, 0.3) is 0 Å². The Kier molecular flexibility index (Phi) is 4.26. The first-order valence-corrected chi connectivity index (χ1v) is 5.56. The highest BCUT2D eigenvalue weighted by atomic mass is 16.4. The molecule has 0 radical (unpaired) electrons. The molecule has 4 nitrogen and oxygen atoms in total. The third-order valence-electron chi connectivity index (χ3n) is 2.67. The Hall–Kier alpha value is -1.84. The number of aliphatic carboxylic acids is 1. The second-order valence-electron chi connectivity index (χ2n) is 4.11. The highest BCUT2D eigenvalue weighted by molar-refractivity contribution is 6.04. The van der Waals surface area contributed by atoms with Crippen molar-refractivity contribution in [2.45, 2.75) is 27.2 Å². The monoisotopic (exact) mass is 235 g/mol. The molecule has 0 saturated carbocycles. The lowest BCUT2D eigenvalue weighted by Crippen LogP contribution is -2.29. The molecule has 0 aromatic heterocycles. The van der Waals surface area contributed by atoms with Gasteiger partial charge < -0.3 is 10.4 Å². The molecule has 2 N–H and O–H groups in total. The minimum atomic E-state index is -1.09. The van der Waals surface area contributed by atoms with E-state index in [4.69, 9.17) is 5.11 Å². The summed E-state index contributed by atoms with van der Waals surface area (Å²) in [6, 6.07) is 5.67. The molecular weight excluding hydrogens is 218 g/mol. The number of hydrogen-bond donors (Lipinski definition) is 2. The van der Waals surface area contributed by atoms with E-state index in [1.165, 1.54) is 0 Å². The van der Waals surface area contributed by atoms with Gasteiger partial charge in [-0.3, -0.25) is 9.59 Å². The van der Waals surface area contributed by atoms with Crippen LogP contribution in [0, 0.1) is 19.8 Å². The van der Waals surface area contributed by atoms with Crippen molar-refractivity contribution in [2.75, 3.05) is 5.32 Å². The molecule has 0 saturated heterocycles. The van der Waals surface area contributed by atoms with E-state index in [9.17, 15) is 9.59 Å². The number of rotatable bonds is 4. The van der Waals surface area contributed by atoms with E-state index >= 15 is 0 Å². The van der Waals surface area contributed by atoms with Gasteiger partial charge in [-0.05, 0) is 37.5 Å². The van der Waals surface area contributed by atoms with Crippen molar-refractivity contribution in [3.05, 3.63) is 29.3 Å². The lowest BCUT2D eigenvalue weighted by atomic mass is 10.1. The van der Waals surface area contributed by atoms with E-state index < -0.39 is 17.8 Å². The molecule has 4 heteroatoms. The SMILES string of the molecule is CCC(C(=O)O)C(=O)Nc1cc(C)ccc1C. The highest BCUT2D eigenvalue weighted by Crippen LogP contribution is 2.18. The van der Waals surface area contributed by atoms with Gasteiger partial charge in [0.2, 0.25) is 5.91 Å². The molecule has 1 aromatic carbocycles. The Labute approximate surface area is 101 Å². The van der Waals surface area contributed by atoms with E-state index in [0.717, 1.165) is 11.1 Å². The van der Waals surface area contributed by atoms with Gasteiger partial charge in [0.15, 0.2) is 0 Å². The molecule has 0 spiro atoms. The van der Waals surface area contributed by atoms with Gasteiger partial charge in [0.1, 0.15) is 5.92 Å². The predicted molar refractivity (Wildman–Crippen MR) is 66.0 cm³/mol. The second kappa shape index (κ2) is 5.48. The van der Waals surface area contributed by atoms with Gasteiger partial charge in [0, 0.05) is 5.69 Å². The molecule has 17 heavy (non-hydrogen) atoms. The normalized spacial score (nSPS) is 11.9. The summed E-state index contributed by atoms with van der Waals surface area (Å²) in [7, 11) is 0. The summed E-state index contributed by atoms with van der Waals surface area (Å²) in [6.45, 7) is 5.47. The number of carbonyl (C=O) groups excluding carboxylic acids is 1. The van der Waals surface area contributed by atoms with Crippen LogP contribution in [0.25, 0.3) is 0 Å². The number of carbonyl (C=O) groups is 2. The van der Waals surface area contributed by atoms with E-state index in [1.807, 2.05) is 32.0 Å². The number of hydrogen-bond acceptors (Lipinski definition) is 2. The molecule has 0 bridgehead atoms. The minimum absolute atomic E-state index is 0.284. The fourth-order valence-electron chi connectivity index (χ4n) is 1.56. The van der Waals surface area contributed by atoms with E-state index in [2.05, 4.69) is 5.32 Å². The maximum absolute atomic E-state index is 11.8. The number of aryl methyl sites for hydroxylation is 2. The van der Waals surface area contributed by atoms with Gasteiger partial charge in [-0.1, -0.05) is 19.1 Å². The first kappa shape index (κ1) is 13.2. The number of carboxylic acid groups (broad SMARTS) is 1. The average molecular weight is 235 g/mol. The average Bonchev–Trinajstić information content (AvgIpc) is 2.24. The third-order valence-corrected chi connectivity index (χ3v) is 2.67. The van der Waals surface area contributed by atoms with Gasteiger partial charge in [-0.2, -0.15) is 0 Å². The lowest BCUT2D eigenvalue weighted by Gasteiger charge is -2.13. The molecule has 0 aliphatic carbocycles. The summed E-state index contributed by atoms with van der Waals surface area (Å²) >= 11 is 0. The van der Waals surface area contributed by atoms with Crippen LogP contribution in [-0.2, 0) is 9.59 Å². The Bertz CT molecular complexity index is 440. The third kappa shape index (κ3) is 3.31. The van der Waals surface area contributed by atoms with Crippen molar-refractivity contribution in [2.24, 2.45) is 5.92 Å². The fraction of sp³-hybridized carbons (Fsp3) is 0.385. The van der Waals surface area contributed by atoms with E-state index in [1.54, 1.807) is 6.92 Å². The molecule has 1 aromatic rings. The largest absolute Gasteiger partial charge is 0.481 e. The van der Waals surface area contributed by atoms with E-state index in [0.29, 0.717) is 5.69 Å². The number of nitrogens with one attached hydrogen (secondary N) is 1. The minimum Gasteiger partial charge on any atom is -0.481 e. The topological polar surface area (TPSA) is 66.4 Å². The van der Waals surface area contributed by atoms with Crippen molar-refractivity contribution in [1.82, 2.24) is 0 Å². The molecule has 1 rings (SSSR count). The maximum atomic E-state index is 11.8. The molecule has 1 amide bonds. The summed E-state index contributed by atoms with van der Waals surface area (Å²) in [5.41, 5.74) is 2.62. The first-order valence-electron chi connectivity index (χ1n) is 5.56. The quantitative estimate of drug-likeness (QED) is 0.787. The molecule has 0 aliphatic heterocycles. The molecule has 0 fully saturated rings. The molecule has 92 valence electrons. The summed E-state index contributed by atoms with van der Waals surface area (Å²) in [5, 5.41) is 11.5. The van der Waals surface area contributed by atoms with Crippen LogP contribution in [0.1, 0.15) is 24.5 Å². The molecule has 0 heterocycles. The van der Waals surface area contributed by atoms with Crippen molar-refractivity contribution >= 4 is 17.6 Å². The number of carboxylic acids is 1. The number of amides is 1. The standard InChI is InChI=1S/C13H17NO3/c1-4-10(13(16)17)12(15)14-11-7-8(2)5-6-9(11)3/h5-7,10H,4H2,1-3H3,(H,14,15)(H,16,17). The van der Waals surface area contributed by atoms with Crippen LogP contribution >= 0.6 is 0 Å². The van der Waals surface area contributed by atoms with Gasteiger partial charge in [-0.25, -0.2) is 0 Å². The Morgan fingerprint density at radius 3 is 2.53 bits per heavy atom. The highest BCUT2D eigenvalue weighted by Gasteiger charge is 2.24. The molecule has 0 aliphatic rings. The Morgan fingerprint density at radius 2 is 2.00 bits per heavy atom. The van der Waals surface area contributed by atoms with Gasteiger partial charge in [-0.15, -0.1) is 0 Å². The fourth-order valence-corrected chi connectivity index (χ4v) is 1.56. The zero-order valence-corrected chi connectivity index (χ0v) is 10.3. The van der Waals surface area contributed by atoms with E-state index in [-0.39, 0.29) is 6.42 Å². The summed E-state index contributed by atoms with van der Waals surface area (Å²) in [6.07, 6.45) is 0.284. The Morgan fingerprint density at radius 1 is 1.35 bits per heavy atom. The molecular formula is C13H17NO3. The van der Waals surface area contributed by atoms with Crippen LogP contribution in [0.15, 0.2) is 18.2 Å². The second-order valence-corrected chi connectivity index (χ2v) is 4.11. The maximum Gasteiger partial charge on any atom is 0.316 e. The molecule has 1 unspecified atom stereocenters. The van der Waals surface area contributed by atoms with Crippen LogP contribution < -0.4 is 5.32 Å². The zero-order chi connectivity index (χ0) is 13.0. The predicted octanol–water partition coefficient (Wildman–Crippen LogP) is 2.35. The Balaban J connectivity index is 2.87. The zero-order valence-electron chi connectivity index (χ0n) is 10.3. The summed E-state index contributed by atoms with van der Waals surface area (Å²) < 4.78 is 0. The number of benzene rings is 1. The van der Waals surface area contributed by atoms with Crippen molar-refractivity contribution in [3.63, 3.8) is 0 Å².